The molecular formula is C11H11NO2. The van der Waals surface area contributed by atoms with Crippen LogP contribution in [0.15, 0.2) is 22.6 Å². The zero-order valence-corrected chi connectivity index (χ0v) is 8.20. The molecule has 3 rings (SSSR count). The summed E-state index contributed by atoms with van der Waals surface area (Å²) in [6.45, 7) is 4.74. The summed E-state index contributed by atoms with van der Waals surface area (Å²) >= 11 is 0. The summed E-state index contributed by atoms with van der Waals surface area (Å²) in [6.07, 6.45) is 0. The van der Waals surface area contributed by atoms with Crippen molar-refractivity contribution in [2.24, 2.45) is 0 Å². The van der Waals surface area contributed by atoms with E-state index in [1.54, 1.807) is 0 Å². The number of nitrogens with zero attached hydrogens (tertiary/aromatic N) is 1. The highest BCUT2D eigenvalue weighted by atomic mass is 16.6. The Kier molecular flexibility index (Phi) is 1.35. The Morgan fingerprint density at radius 1 is 1.43 bits per heavy atom. The molecule has 2 aromatic rings. The molecular weight excluding hydrogens is 178 g/mol. The van der Waals surface area contributed by atoms with Gasteiger partial charge in [0.25, 0.3) is 0 Å². The monoisotopic (exact) mass is 189 g/mol. The number of ether oxygens (including phenoxy) is 1. The van der Waals surface area contributed by atoms with E-state index in [-0.39, 0.29) is 5.60 Å². The molecule has 14 heavy (non-hydrogen) atoms. The van der Waals surface area contributed by atoms with Crippen molar-refractivity contribution in [1.82, 2.24) is 4.98 Å². The second kappa shape index (κ2) is 2.36. The van der Waals surface area contributed by atoms with Crippen LogP contribution in [0.5, 0.6) is 0 Å². The fourth-order valence-corrected chi connectivity index (χ4v) is 1.65. The van der Waals surface area contributed by atoms with Gasteiger partial charge in [-0.1, -0.05) is 6.07 Å². The van der Waals surface area contributed by atoms with E-state index in [0.29, 0.717) is 5.89 Å². The molecule has 1 atom stereocenters. The van der Waals surface area contributed by atoms with Crippen molar-refractivity contribution in [3.05, 3.63) is 29.7 Å². The summed E-state index contributed by atoms with van der Waals surface area (Å²) in [5, 5.41) is 0. The van der Waals surface area contributed by atoms with E-state index in [2.05, 4.69) is 11.9 Å². The average Bonchev–Trinajstić information content (AvgIpc) is 2.79. The molecule has 1 fully saturated rings. The van der Waals surface area contributed by atoms with Gasteiger partial charge in [-0.2, -0.15) is 0 Å². The smallest absolute Gasteiger partial charge is 0.192 e. The van der Waals surface area contributed by atoms with E-state index in [1.807, 2.05) is 25.1 Å². The fourth-order valence-electron chi connectivity index (χ4n) is 1.65. The minimum Gasteiger partial charge on any atom is -0.441 e. The molecule has 0 aliphatic carbocycles. The zero-order valence-electron chi connectivity index (χ0n) is 8.20. The Labute approximate surface area is 81.7 Å². The lowest BCUT2D eigenvalue weighted by molar-refractivity contribution is 0.329. The van der Waals surface area contributed by atoms with Gasteiger partial charge in [-0.25, -0.2) is 4.98 Å². The maximum atomic E-state index is 5.40. The van der Waals surface area contributed by atoms with Gasteiger partial charge < -0.3 is 9.15 Å². The van der Waals surface area contributed by atoms with E-state index in [1.165, 1.54) is 5.56 Å². The van der Waals surface area contributed by atoms with Crippen molar-refractivity contribution in [3.63, 3.8) is 0 Å². The van der Waals surface area contributed by atoms with Gasteiger partial charge in [-0.3, -0.25) is 0 Å². The molecule has 1 aromatic carbocycles. The second-order valence-electron chi connectivity index (χ2n) is 3.93. The first kappa shape index (κ1) is 8.00. The lowest BCUT2D eigenvalue weighted by Crippen LogP contribution is -2.00. The van der Waals surface area contributed by atoms with Gasteiger partial charge in [0.1, 0.15) is 11.1 Å². The summed E-state index contributed by atoms with van der Waals surface area (Å²) < 4.78 is 10.8. The molecule has 72 valence electrons. The molecule has 1 saturated heterocycles. The van der Waals surface area contributed by atoms with Crippen molar-refractivity contribution in [2.75, 3.05) is 6.61 Å². The van der Waals surface area contributed by atoms with E-state index in [4.69, 9.17) is 9.15 Å². The number of hydrogen-bond acceptors (Lipinski definition) is 3. The normalized spacial score (nSPS) is 25.6. The maximum absolute atomic E-state index is 5.40. The van der Waals surface area contributed by atoms with Crippen molar-refractivity contribution >= 4 is 11.1 Å². The summed E-state index contributed by atoms with van der Waals surface area (Å²) in [6, 6.07) is 6.04. The molecule has 0 radical (unpaired) electrons. The Bertz CT molecular complexity index is 497. The van der Waals surface area contributed by atoms with Crippen LogP contribution in [0.1, 0.15) is 18.4 Å². The summed E-state index contributed by atoms with van der Waals surface area (Å²) in [4.78, 5) is 4.29. The molecule has 3 heteroatoms. The van der Waals surface area contributed by atoms with Crippen LogP contribution < -0.4 is 0 Å². The van der Waals surface area contributed by atoms with Crippen LogP contribution in [-0.4, -0.2) is 11.6 Å². The standard InChI is InChI=1S/C11H11NO2/c1-7-12-9-5-8(11(2)6-13-11)3-4-10(9)14-7/h3-5H,6H2,1-2H3. The predicted octanol–water partition coefficient (Wildman–Crippen LogP) is 2.38. The number of epoxide rings is 1. The van der Waals surface area contributed by atoms with E-state index >= 15 is 0 Å². The highest BCUT2D eigenvalue weighted by Crippen LogP contribution is 2.38. The third-order valence-corrected chi connectivity index (χ3v) is 2.68. The number of aryl methyl sites for hydroxylation is 1. The predicted molar refractivity (Wildman–Crippen MR) is 52.1 cm³/mol. The molecule has 1 aliphatic heterocycles. The van der Waals surface area contributed by atoms with Crippen molar-refractivity contribution in [1.29, 1.82) is 0 Å². The molecule has 0 amide bonds. The largest absolute Gasteiger partial charge is 0.441 e. The van der Waals surface area contributed by atoms with Gasteiger partial charge in [0.15, 0.2) is 11.5 Å². The third-order valence-electron chi connectivity index (χ3n) is 2.68. The molecule has 3 nitrogen and oxygen atoms in total. The van der Waals surface area contributed by atoms with Crippen molar-refractivity contribution in [2.45, 2.75) is 19.4 Å². The number of oxazole rings is 1. The number of fused-ring (bicyclic) bond motifs is 1. The summed E-state index contributed by atoms with van der Waals surface area (Å²) in [5.41, 5.74) is 2.85. The lowest BCUT2D eigenvalue weighted by Gasteiger charge is -2.03. The molecule has 0 N–H and O–H groups in total. The minimum atomic E-state index is -0.0823. The molecule has 1 unspecified atom stereocenters. The molecule has 1 aromatic heterocycles. The average molecular weight is 189 g/mol. The SMILES string of the molecule is Cc1nc2cc(C3(C)CO3)ccc2o1. The maximum Gasteiger partial charge on any atom is 0.192 e. The number of benzene rings is 1. The minimum absolute atomic E-state index is 0.0823. The van der Waals surface area contributed by atoms with Crippen LogP contribution in [0, 0.1) is 6.92 Å². The Morgan fingerprint density at radius 2 is 2.21 bits per heavy atom. The Hall–Kier alpha value is -1.35. The van der Waals surface area contributed by atoms with Crippen LogP contribution >= 0.6 is 0 Å². The van der Waals surface area contributed by atoms with Gasteiger partial charge in [-0.15, -0.1) is 0 Å². The van der Waals surface area contributed by atoms with Crippen LogP contribution in [0.3, 0.4) is 0 Å². The number of hydrogen-bond donors (Lipinski definition) is 0. The van der Waals surface area contributed by atoms with Crippen LogP contribution in [0.4, 0.5) is 0 Å². The topological polar surface area (TPSA) is 38.6 Å². The van der Waals surface area contributed by atoms with Gasteiger partial charge in [-0.05, 0) is 24.6 Å². The molecule has 0 saturated carbocycles. The fraction of sp³-hybridized carbons (Fsp3) is 0.364. The zero-order chi connectivity index (χ0) is 9.76. The molecule has 2 heterocycles. The Balaban J connectivity index is 2.19. The highest BCUT2D eigenvalue weighted by molar-refractivity contribution is 5.73. The third kappa shape index (κ3) is 1.06. The number of aromatic nitrogens is 1. The lowest BCUT2D eigenvalue weighted by atomic mass is 10.0. The van der Waals surface area contributed by atoms with Crippen LogP contribution in [0.25, 0.3) is 11.1 Å². The number of rotatable bonds is 1. The van der Waals surface area contributed by atoms with E-state index in [0.717, 1.165) is 17.7 Å². The van der Waals surface area contributed by atoms with Gasteiger partial charge >= 0.3 is 0 Å². The second-order valence-corrected chi connectivity index (χ2v) is 3.93. The van der Waals surface area contributed by atoms with E-state index in [9.17, 15) is 0 Å². The molecule has 0 bridgehead atoms. The van der Waals surface area contributed by atoms with E-state index < -0.39 is 0 Å². The van der Waals surface area contributed by atoms with Gasteiger partial charge in [0.05, 0.1) is 6.61 Å². The van der Waals surface area contributed by atoms with Crippen LogP contribution in [-0.2, 0) is 10.3 Å². The Morgan fingerprint density at radius 3 is 2.93 bits per heavy atom. The van der Waals surface area contributed by atoms with Crippen molar-refractivity contribution in [3.8, 4) is 0 Å². The molecule has 1 aliphatic rings. The van der Waals surface area contributed by atoms with Crippen LogP contribution in [0.2, 0.25) is 0 Å². The highest BCUT2D eigenvalue weighted by Gasteiger charge is 2.41. The molecule has 0 spiro atoms. The van der Waals surface area contributed by atoms with Gasteiger partial charge in [0.2, 0.25) is 0 Å². The summed E-state index contributed by atoms with van der Waals surface area (Å²) in [7, 11) is 0. The first-order valence-electron chi connectivity index (χ1n) is 4.69. The summed E-state index contributed by atoms with van der Waals surface area (Å²) in [5.74, 6) is 0.707. The first-order chi connectivity index (χ1) is 6.67. The van der Waals surface area contributed by atoms with Gasteiger partial charge in [0, 0.05) is 6.92 Å². The van der Waals surface area contributed by atoms with Crippen molar-refractivity contribution < 1.29 is 9.15 Å². The first-order valence-corrected chi connectivity index (χ1v) is 4.69. The quantitative estimate of drug-likeness (QED) is 0.646.